The zero-order chi connectivity index (χ0) is 21.5. The van der Waals surface area contributed by atoms with Gasteiger partial charge in [-0.15, -0.1) is 11.3 Å². The molecule has 31 heavy (non-hydrogen) atoms. The monoisotopic (exact) mass is 437 g/mol. The highest BCUT2D eigenvalue weighted by Crippen LogP contribution is 2.24. The lowest BCUT2D eigenvalue weighted by Crippen LogP contribution is -2.45. The third-order valence-corrected chi connectivity index (χ3v) is 6.02. The van der Waals surface area contributed by atoms with Crippen LogP contribution in [-0.4, -0.2) is 72.1 Å². The number of thiazole rings is 1. The molecule has 1 amide bonds. The summed E-state index contributed by atoms with van der Waals surface area (Å²) in [5, 5.41) is 5.42. The molecule has 7 nitrogen and oxygen atoms in total. The largest absolute Gasteiger partial charge is 0.492 e. The number of hydrogen-bond donors (Lipinski definition) is 1. The number of hydrogen-bond acceptors (Lipinski definition) is 7. The summed E-state index contributed by atoms with van der Waals surface area (Å²) < 4.78 is 5.93. The van der Waals surface area contributed by atoms with Gasteiger partial charge in [0.1, 0.15) is 12.4 Å². The molecule has 0 saturated carbocycles. The van der Waals surface area contributed by atoms with Crippen LogP contribution in [0, 0.1) is 0 Å². The van der Waals surface area contributed by atoms with Crippen molar-refractivity contribution in [3.05, 3.63) is 59.7 Å². The van der Waals surface area contributed by atoms with Crippen LogP contribution in [0.3, 0.4) is 0 Å². The maximum absolute atomic E-state index is 12.5. The van der Waals surface area contributed by atoms with Crippen LogP contribution in [0.5, 0.6) is 5.75 Å². The van der Waals surface area contributed by atoms with Crippen LogP contribution in [0.2, 0.25) is 0 Å². The number of likely N-dealkylation sites (N-methyl/N-ethyl adjacent to an activating group) is 1. The van der Waals surface area contributed by atoms with Gasteiger partial charge in [0.2, 0.25) is 5.91 Å². The zero-order valence-corrected chi connectivity index (χ0v) is 18.5. The minimum Gasteiger partial charge on any atom is -0.492 e. The molecule has 0 spiro atoms. The Labute approximate surface area is 186 Å². The summed E-state index contributed by atoms with van der Waals surface area (Å²) in [7, 11) is 2.16. The van der Waals surface area contributed by atoms with Gasteiger partial charge in [0.15, 0.2) is 5.13 Å². The Balaban J connectivity index is 1.25. The number of piperazine rings is 1. The molecule has 0 atom stereocenters. The highest BCUT2D eigenvalue weighted by atomic mass is 32.1. The number of benzene rings is 1. The van der Waals surface area contributed by atoms with Gasteiger partial charge in [0, 0.05) is 56.1 Å². The Hall–Kier alpha value is -2.81. The third kappa shape index (κ3) is 6.33. The van der Waals surface area contributed by atoms with Gasteiger partial charge >= 0.3 is 0 Å². The summed E-state index contributed by atoms with van der Waals surface area (Å²) in [5.41, 5.74) is 2.73. The van der Waals surface area contributed by atoms with Crippen LogP contribution < -0.4 is 10.1 Å². The third-order valence-electron chi connectivity index (χ3n) is 5.26. The summed E-state index contributed by atoms with van der Waals surface area (Å²) in [6.45, 7) is 5.94. The molecule has 3 aromatic rings. The quantitative estimate of drug-likeness (QED) is 0.584. The van der Waals surface area contributed by atoms with Crippen LogP contribution in [0.15, 0.2) is 54.2 Å². The maximum Gasteiger partial charge on any atom is 0.230 e. The molecule has 3 heterocycles. The van der Waals surface area contributed by atoms with Crippen LogP contribution in [0.25, 0.3) is 11.3 Å². The molecule has 0 bridgehead atoms. The predicted octanol–water partition coefficient (Wildman–Crippen LogP) is 3.01. The van der Waals surface area contributed by atoms with Crippen molar-refractivity contribution in [3.8, 4) is 17.0 Å². The Morgan fingerprint density at radius 3 is 2.77 bits per heavy atom. The highest BCUT2D eigenvalue weighted by Gasteiger charge is 2.13. The number of aromatic nitrogens is 2. The van der Waals surface area contributed by atoms with Gasteiger partial charge in [-0.3, -0.25) is 14.7 Å². The summed E-state index contributed by atoms with van der Waals surface area (Å²) in [6.07, 6.45) is 3.74. The molecule has 162 valence electrons. The lowest BCUT2D eigenvalue weighted by Gasteiger charge is -2.32. The molecule has 1 aliphatic heterocycles. The Bertz CT molecular complexity index is 986. The number of anilines is 1. The van der Waals surface area contributed by atoms with Gasteiger partial charge in [-0.25, -0.2) is 4.98 Å². The lowest BCUT2D eigenvalue weighted by atomic mass is 10.1. The normalized spacial score (nSPS) is 15.0. The minimum absolute atomic E-state index is 0.0924. The van der Waals surface area contributed by atoms with Crippen LogP contribution >= 0.6 is 11.3 Å². The van der Waals surface area contributed by atoms with Gasteiger partial charge in [-0.1, -0.05) is 12.1 Å². The van der Waals surface area contributed by atoms with E-state index < -0.39 is 0 Å². The molecule has 1 N–H and O–H groups in total. The van der Waals surface area contributed by atoms with Crippen molar-refractivity contribution in [1.29, 1.82) is 0 Å². The van der Waals surface area contributed by atoms with Gasteiger partial charge in [0.05, 0.1) is 12.1 Å². The molecule has 1 saturated heterocycles. The van der Waals surface area contributed by atoms with E-state index in [1.54, 1.807) is 12.4 Å². The van der Waals surface area contributed by atoms with Crippen LogP contribution in [0.4, 0.5) is 5.13 Å². The van der Waals surface area contributed by atoms with Crippen molar-refractivity contribution in [3.63, 3.8) is 0 Å². The van der Waals surface area contributed by atoms with E-state index in [9.17, 15) is 4.79 Å². The van der Waals surface area contributed by atoms with Crippen molar-refractivity contribution in [2.24, 2.45) is 0 Å². The van der Waals surface area contributed by atoms with E-state index in [1.165, 1.54) is 11.3 Å². The molecule has 0 radical (unpaired) electrons. The number of pyridine rings is 1. The van der Waals surface area contributed by atoms with E-state index in [0.717, 1.165) is 55.3 Å². The maximum atomic E-state index is 12.5. The molecular formula is C23H27N5O2S. The number of carbonyl (C=O) groups is 1. The van der Waals surface area contributed by atoms with Gasteiger partial charge in [-0.2, -0.15) is 0 Å². The van der Waals surface area contributed by atoms with Crippen LogP contribution in [-0.2, 0) is 11.2 Å². The standard InChI is InChI=1S/C23H27N5O2S/c1-27-9-11-28(12-10-27)13-14-30-20-4-2-3-18(15-20)16-22(29)26-23-25-21(17-31-23)19-5-7-24-8-6-19/h2-8,15,17H,9-14,16H2,1H3,(H,25,26,29). The fourth-order valence-corrected chi connectivity index (χ4v) is 4.18. The second-order valence-corrected chi connectivity index (χ2v) is 8.50. The SMILES string of the molecule is CN1CCN(CCOc2cccc(CC(=O)Nc3nc(-c4ccncc4)cs3)c2)CC1. The van der Waals surface area contributed by atoms with E-state index in [1.807, 2.05) is 41.8 Å². The molecule has 0 unspecified atom stereocenters. The Morgan fingerprint density at radius 1 is 1.16 bits per heavy atom. The zero-order valence-electron chi connectivity index (χ0n) is 17.7. The average molecular weight is 438 g/mol. The number of ether oxygens (including phenoxy) is 1. The first-order valence-corrected chi connectivity index (χ1v) is 11.3. The summed E-state index contributed by atoms with van der Waals surface area (Å²) in [4.78, 5) is 25.8. The highest BCUT2D eigenvalue weighted by molar-refractivity contribution is 7.14. The predicted molar refractivity (Wildman–Crippen MR) is 124 cm³/mol. The molecule has 1 aliphatic rings. The minimum atomic E-state index is -0.0924. The molecule has 4 rings (SSSR count). The number of nitrogens with one attached hydrogen (secondary N) is 1. The fourth-order valence-electron chi connectivity index (χ4n) is 3.44. The second-order valence-electron chi connectivity index (χ2n) is 7.64. The number of amides is 1. The Morgan fingerprint density at radius 2 is 1.97 bits per heavy atom. The first-order chi connectivity index (χ1) is 15.2. The Kier molecular flexibility index (Phi) is 7.24. The molecule has 2 aromatic heterocycles. The summed E-state index contributed by atoms with van der Waals surface area (Å²) in [5.74, 6) is 0.707. The average Bonchev–Trinajstić information content (AvgIpc) is 3.24. The first kappa shape index (κ1) is 21.4. The lowest BCUT2D eigenvalue weighted by molar-refractivity contribution is -0.115. The van der Waals surface area contributed by atoms with E-state index in [4.69, 9.17) is 4.74 Å². The van der Waals surface area contributed by atoms with Crippen molar-refractivity contribution in [2.75, 3.05) is 51.7 Å². The van der Waals surface area contributed by atoms with Crippen molar-refractivity contribution in [2.45, 2.75) is 6.42 Å². The smallest absolute Gasteiger partial charge is 0.230 e. The van der Waals surface area contributed by atoms with Crippen molar-refractivity contribution < 1.29 is 9.53 Å². The van der Waals surface area contributed by atoms with Crippen molar-refractivity contribution >= 4 is 22.4 Å². The van der Waals surface area contributed by atoms with Crippen molar-refractivity contribution in [1.82, 2.24) is 19.8 Å². The number of rotatable bonds is 8. The summed E-state index contributed by atoms with van der Waals surface area (Å²) >= 11 is 1.42. The number of carbonyl (C=O) groups excluding carboxylic acids is 1. The topological polar surface area (TPSA) is 70.6 Å². The molecule has 0 aliphatic carbocycles. The van der Waals surface area contributed by atoms with E-state index in [2.05, 4.69) is 32.1 Å². The van der Waals surface area contributed by atoms with Gasteiger partial charge in [0.25, 0.3) is 0 Å². The fraction of sp³-hybridized carbons (Fsp3) is 0.348. The summed E-state index contributed by atoms with van der Waals surface area (Å²) in [6, 6.07) is 11.5. The van der Waals surface area contributed by atoms with Crippen LogP contribution in [0.1, 0.15) is 5.56 Å². The molecule has 1 fully saturated rings. The molecular weight excluding hydrogens is 410 g/mol. The van der Waals surface area contributed by atoms with Gasteiger partial charge in [-0.05, 0) is 36.9 Å². The number of nitrogens with zero attached hydrogens (tertiary/aromatic N) is 4. The van der Waals surface area contributed by atoms with E-state index >= 15 is 0 Å². The van der Waals surface area contributed by atoms with Gasteiger partial charge < -0.3 is 15.0 Å². The van der Waals surface area contributed by atoms with E-state index in [0.29, 0.717) is 11.7 Å². The van der Waals surface area contributed by atoms with E-state index in [-0.39, 0.29) is 12.3 Å². The second kappa shape index (κ2) is 10.5. The first-order valence-electron chi connectivity index (χ1n) is 10.4. The molecule has 8 heteroatoms. The molecule has 1 aromatic carbocycles.